The first kappa shape index (κ1) is 15.1. The molecule has 18 heavy (non-hydrogen) atoms. The number of pyridine rings is 1. The van der Waals surface area contributed by atoms with Gasteiger partial charge in [-0.05, 0) is 19.2 Å². The van der Waals surface area contributed by atoms with Gasteiger partial charge in [0, 0.05) is 26.1 Å². The topological polar surface area (TPSA) is 59.5 Å². The quantitative estimate of drug-likeness (QED) is 0.733. The molecule has 0 saturated carbocycles. The highest BCUT2D eigenvalue weighted by molar-refractivity contribution is 7.90. The summed E-state index contributed by atoms with van der Waals surface area (Å²) in [5.74, 6) is 0.135. The Hall–Kier alpha value is -0.980. The third-order valence-corrected chi connectivity index (χ3v) is 3.62. The van der Waals surface area contributed by atoms with Gasteiger partial charge in [-0.3, -0.25) is 9.88 Å². The van der Waals surface area contributed by atoms with E-state index in [1.807, 2.05) is 30.1 Å². The lowest BCUT2D eigenvalue weighted by Crippen LogP contribution is -2.32. The summed E-state index contributed by atoms with van der Waals surface area (Å²) < 4.78 is 27.5. The number of nitrogens with zero attached hydrogens (tertiary/aromatic N) is 2. The molecule has 0 spiro atoms. The van der Waals surface area contributed by atoms with Gasteiger partial charge in [-0.2, -0.15) is 0 Å². The molecule has 1 heterocycles. The first-order chi connectivity index (χ1) is 8.44. The minimum Gasteiger partial charge on any atom is -0.383 e. The van der Waals surface area contributed by atoms with Crippen LogP contribution in [0.4, 0.5) is 0 Å². The van der Waals surface area contributed by atoms with Crippen molar-refractivity contribution in [1.82, 2.24) is 9.88 Å². The van der Waals surface area contributed by atoms with Crippen LogP contribution in [0.25, 0.3) is 0 Å². The summed E-state index contributed by atoms with van der Waals surface area (Å²) in [5, 5.41) is 0. The number of methoxy groups -OCH3 is 1. The predicted octanol–water partition coefficient (Wildman–Crippen LogP) is 0.746. The third-order valence-electron chi connectivity index (χ3n) is 2.70. The van der Waals surface area contributed by atoms with E-state index in [1.165, 1.54) is 6.26 Å². The van der Waals surface area contributed by atoms with Gasteiger partial charge in [-0.15, -0.1) is 0 Å². The third kappa shape index (κ3) is 5.12. The van der Waals surface area contributed by atoms with Crippen molar-refractivity contribution in [3.8, 4) is 0 Å². The van der Waals surface area contributed by atoms with Crippen LogP contribution in [0, 0.1) is 0 Å². The van der Waals surface area contributed by atoms with Crippen LogP contribution >= 0.6 is 0 Å². The second-order valence-corrected chi connectivity index (χ2v) is 6.60. The smallest absolute Gasteiger partial charge is 0.148 e. The maximum absolute atomic E-state index is 11.2. The first-order valence-electron chi connectivity index (χ1n) is 5.72. The van der Waals surface area contributed by atoms with E-state index in [0.29, 0.717) is 13.2 Å². The summed E-state index contributed by atoms with van der Waals surface area (Å²) in [6.07, 6.45) is 2.97. The zero-order valence-corrected chi connectivity index (χ0v) is 11.9. The zero-order valence-electron chi connectivity index (χ0n) is 11.0. The van der Waals surface area contributed by atoms with E-state index in [2.05, 4.69) is 4.98 Å². The number of rotatable bonds is 7. The lowest BCUT2D eigenvalue weighted by atomic mass is 10.2. The van der Waals surface area contributed by atoms with E-state index in [9.17, 15) is 8.42 Å². The van der Waals surface area contributed by atoms with E-state index < -0.39 is 9.84 Å². The number of aromatic nitrogens is 1. The minimum absolute atomic E-state index is 0.0297. The molecular formula is C12H20N2O3S. The summed E-state index contributed by atoms with van der Waals surface area (Å²) in [5.41, 5.74) is 0.885. The molecule has 1 unspecified atom stereocenters. The molecule has 0 radical (unpaired) electrons. The molecular weight excluding hydrogens is 252 g/mol. The SMILES string of the molecule is COCC(c1ccccn1)N(C)CCS(C)(=O)=O. The predicted molar refractivity (Wildman–Crippen MR) is 71.2 cm³/mol. The van der Waals surface area contributed by atoms with Crippen molar-refractivity contribution in [2.45, 2.75) is 6.04 Å². The largest absolute Gasteiger partial charge is 0.383 e. The first-order valence-corrected chi connectivity index (χ1v) is 7.78. The Bertz CT molecular complexity index is 448. The van der Waals surface area contributed by atoms with Crippen LogP contribution in [0.15, 0.2) is 24.4 Å². The Morgan fingerprint density at radius 3 is 2.67 bits per heavy atom. The van der Waals surface area contributed by atoms with Crippen LogP contribution < -0.4 is 0 Å². The van der Waals surface area contributed by atoms with Crippen molar-refractivity contribution in [1.29, 1.82) is 0 Å². The molecule has 0 saturated heterocycles. The van der Waals surface area contributed by atoms with Crippen molar-refractivity contribution in [2.75, 3.05) is 39.3 Å². The molecule has 1 aromatic rings. The number of likely N-dealkylation sites (N-methyl/N-ethyl adjacent to an activating group) is 1. The van der Waals surface area contributed by atoms with Crippen molar-refractivity contribution in [2.24, 2.45) is 0 Å². The lowest BCUT2D eigenvalue weighted by Gasteiger charge is -2.26. The van der Waals surface area contributed by atoms with Gasteiger partial charge in [-0.25, -0.2) is 8.42 Å². The Kier molecular flexibility index (Phi) is 5.71. The molecule has 5 nitrogen and oxygen atoms in total. The van der Waals surface area contributed by atoms with E-state index in [4.69, 9.17) is 4.74 Å². The van der Waals surface area contributed by atoms with Gasteiger partial charge in [0.05, 0.1) is 24.1 Å². The number of ether oxygens (including phenoxy) is 1. The lowest BCUT2D eigenvalue weighted by molar-refractivity contribution is 0.108. The summed E-state index contributed by atoms with van der Waals surface area (Å²) >= 11 is 0. The summed E-state index contributed by atoms with van der Waals surface area (Å²) in [4.78, 5) is 6.24. The molecule has 0 amide bonds. The molecule has 0 aliphatic heterocycles. The zero-order chi connectivity index (χ0) is 13.6. The molecule has 102 valence electrons. The van der Waals surface area contributed by atoms with E-state index >= 15 is 0 Å². The maximum atomic E-state index is 11.2. The van der Waals surface area contributed by atoms with Gasteiger partial charge in [0.1, 0.15) is 9.84 Å². The Balaban J connectivity index is 2.73. The second kappa shape index (κ2) is 6.82. The monoisotopic (exact) mass is 272 g/mol. The molecule has 0 N–H and O–H groups in total. The van der Waals surface area contributed by atoms with E-state index in [1.54, 1.807) is 13.3 Å². The molecule has 0 bridgehead atoms. The summed E-state index contributed by atoms with van der Waals surface area (Å²) in [7, 11) is 0.551. The average molecular weight is 272 g/mol. The van der Waals surface area contributed by atoms with Gasteiger partial charge in [0.25, 0.3) is 0 Å². The van der Waals surface area contributed by atoms with Crippen molar-refractivity contribution >= 4 is 9.84 Å². The van der Waals surface area contributed by atoms with E-state index in [-0.39, 0.29) is 11.8 Å². The van der Waals surface area contributed by atoms with Gasteiger partial charge >= 0.3 is 0 Å². The van der Waals surface area contributed by atoms with Gasteiger partial charge in [0.2, 0.25) is 0 Å². The Labute approximate surface area is 109 Å². The van der Waals surface area contributed by atoms with Crippen molar-refractivity contribution in [3.63, 3.8) is 0 Å². The molecule has 1 aromatic heterocycles. The molecule has 0 aliphatic carbocycles. The maximum Gasteiger partial charge on any atom is 0.148 e. The molecule has 6 heteroatoms. The number of hydrogen-bond donors (Lipinski definition) is 0. The van der Waals surface area contributed by atoms with Crippen molar-refractivity contribution < 1.29 is 13.2 Å². The van der Waals surface area contributed by atoms with Gasteiger partial charge < -0.3 is 4.74 Å². The fraction of sp³-hybridized carbons (Fsp3) is 0.583. The fourth-order valence-electron chi connectivity index (χ4n) is 1.64. The van der Waals surface area contributed by atoms with Crippen LogP contribution in [0.2, 0.25) is 0 Å². The number of hydrogen-bond acceptors (Lipinski definition) is 5. The van der Waals surface area contributed by atoms with E-state index in [0.717, 1.165) is 5.69 Å². The Morgan fingerprint density at radius 1 is 1.44 bits per heavy atom. The van der Waals surface area contributed by atoms with Crippen LogP contribution in [0.3, 0.4) is 0 Å². The summed E-state index contributed by atoms with van der Waals surface area (Å²) in [6.45, 7) is 0.945. The highest BCUT2D eigenvalue weighted by Gasteiger charge is 2.19. The second-order valence-electron chi connectivity index (χ2n) is 4.34. The van der Waals surface area contributed by atoms with Crippen LogP contribution in [0.5, 0.6) is 0 Å². The van der Waals surface area contributed by atoms with Crippen LogP contribution in [0.1, 0.15) is 11.7 Å². The van der Waals surface area contributed by atoms with Crippen LogP contribution in [-0.2, 0) is 14.6 Å². The van der Waals surface area contributed by atoms with Crippen LogP contribution in [-0.4, -0.2) is 57.6 Å². The Morgan fingerprint density at radius 2 is 2.17 bits per heavy atom. The molecule has 0 aromatic carbocycles. The normalized spacial score (nSPS) is 13.8. The molecule has 0 aliphatic rings. The fourth-order valence-corrected chi connectivity index (χ4v) is 2.25. The van der Waals surface area contributed by atoms with Gasteiger partial charge in [-0.1, -0.05) is 6.07 Å². The molecule has 1 atom stereocenters. The minimum atomic E-state index is -2.95. The highest BCUT2D eigenvalue weighted by Crippen LogP contribution is 2.17. The van der Waals surface area contributed by atoms with Crippen molar-refractivity contribution in [3.05, 3.63) is 30.1 Å². The number of sulfone groups is 1. The standard InChI is InChI=1S/C12H20N2O3S/c1-14(8-9-18(3,15)16)12(10-17-2)11-6-4-5-7-13-11/h4-7,12H,8-10H2,1-3H3. The average Bonchev–Trinajstić information content (AvgIpc) is 2.33. The van der Waals surface area contributed by atoms with Gasteiger partial charge in [0.15, 0.2) is 0 Å². The molecule has 0 fully saturated rings. The summed E-state index contributed by atoms with van der Waals surface area (Å²) in [6, 6.07) is 5.65. The highest BCUT2D eigenvalue weighted by atomic mass is 32.2. The molecule has 1 rings (SSSR count).